The van der Waals surface area contributed by atoms with Gasteiger partial charge in [0.1, 0.15) is 23.9 Å². The van der Waals surface area contributed by atoms with Gasteiger partial charge in [0.05, 0.1) is 23.0 Å². The van der Waals surface area contributed by atoms with Crippen molar-refractivity contribution in [1.29, 1.82) is 5.26 Å². The molecule has 1 N–H and O–H groups in total. The number of benzene rings is 3. The van der Waals surface area contributed by atoms with Gasteiger partial charge in [-0.1, -0.05) is 23.9 Å². The number of ketones is 1. The molecule has 0 spiro atoms. The SMILES string of the molecule is N#Cc1ccc(OCc2ccc(/C=C/C(=O)c3ccc4c(c3)Nc3ccccc3S4)o2)cc1. The number of hydrogen-bond acceptors (Lipinski definition) is 6. The molecule has 0 radical (unpaired) electrons. The van der Waals surface area contributed by atoms with Crippen molar-refractivity contribution < 1.29 is 13.9 Å². The Morgan fingerprint density at radius 2 is 1.82 bits per heavy atom. The number of nitrogens with zero attached hydrogens (tertiary/aromatic N) is 1. The number of nitriles is 1. The van der Waals surface area contributed by atoms with E-state index in [-0.39, 0.29) is 12.4 Å². The molecular formula is C27H18N2O3S. The van der Waals surface area contributed by atoms with Gasteiger partial charge < -0.3 is 14.5 Å². The molecule has 5 nitrogen and oxygen atoms in total. The maximum Gasteiger partial charge on any atom is 0.186 e. The summed E-state index contributed by atoms with van der Waals surface area (Å²) in [6.07, 6.45) is 3.17. The number of furan rings is 1. The lowest BCUT2D eigenvalue weighted by Gasteiger charge is -2.20. The fourth-order valence-corrected chi connectivity index (χ4v) is 4.36. The van der Waals surface area contributed by atoms with E-state index in [1.165, 1.54) is 11.0 Å². The van der Waals surface area contributed by atoms with Gasteiger partial charge in [-0.25, -0.2) is 0 Å². The standard InChI is InChI=1S/C27H18N2O3S/c28-16-18-5-8-20(9-6-18)31-17-22-11-10-21(32-22)12-13-25(30)19-7-14-27-24(15-19)29-23-3-1-2-4-26(23)33-27/h1-15,29H,17H2/b13-12+. The molecule has 1 aliphatic rings. The van der Waals surface area contributed by atoms with Crippen LogP contribution in [0.5, 0.6) is 5.75 Å². The molecule has 0 atom stereocenters. The maximum absolute atomic E-state index is 12.7. The van der Waals surface area contributed by atoms with Crippen LogP contribution in [0.4, 0.5) is 11.4 Å². The van der Waals surface area contributed by atoms with Crippen LogP contribution in [-0.4, -0.2) is 5.78 Å². The number of carbonyl (C=O) groups is 1. The number of para-hydroxylation sites is 1. The Kier molecular flexibility index (Phi) is 5.71. The predicted octanol–water partition coefficient (Wildman–Crippen LogP) is 6.83. The van der Waals surface area contributed by atoms with Crippen molar-refractivity contribution in [2.24, 2.45) is 0 Å². The summed E-state index contributed by atoms with van der Waals surface area (Å²) in [5, 5.41) is 12.3. The van der Waals surface area contributed by atoms with Crippen molar-refractivity contribution in [2.45, 2.75) is 16.4 Å². The van der Waals surface area contributed by atoms with Gasteiger partial charge in [-0.2, -0.15) is 5.26 Å². The van der Waals surface area contributed by atoms with Crippen LogP contribution in [0.2, 0.25) is 0 Å². The fraction of sp³-hybridized carbons (Fsp3) is 0.0370. The summed E-state index contributed by atoms with van der Waals surface area (Å²) in [4.78, 5) is 15.0. The first-order chi connectivity index (χ1) is 16.2. The van der Waals surface area contributed by atoms with Crippen LogP contribution in [0.1, 0.15) is 27.4 Å². The second-order valence-electron chi connectivity index (χ2n) is 7.36. The highest BCUT2D eigenvalue weighted by Gasteiger charge is 2.16. The van der Waals surface area contributed by atoms with E-state index in [9.17, 15) is 4.79 Å². The van der Waals surface area contributed by atoms with Crippen LogP contribution in [0.3, 0.4) is 0 Å². The number of carbonyl (C=O) groups excluding carboxylic acids is 1. The number of anilines is 2. The molecule has 2 heterocycles. The molecule has 0 saturated carbocycles. The molecule has 0 aliphatic carbocycles. The monoisotopic (exact) mass is 450 g/mol. The Labute approximate surface area is 195 Å². The topological polar surface area (TPSA) is 75.3 Å². The van der Waals surface area contributed by atoms with Crippen LogP contribution in [0.15, 0.2) is 99.1 Å². The second kappa shape index (κ2) is 9.11. The van der Waals surface area contributed by atoms with Gasteiger partial charge in [0.2, 0.25) is 0 Å². The average molecular weight is 451 g/mol. The molecule has 160 valence electrons. The summed E-state index contributed by atoms with van der Waals surface area (Å²) in [7, 11) is 0. The summed E-state index contributed by atoms with van der Waals surface area (Å²) in [5.74, 6) is 1.76. The highest BCUT2D eigenvalue weighted by molar-refractivity contribution is 7.99. The lowest BCUT2D eigenvalue weighted by molar-refractivity contribution is 0.104. The smallest absolute Gasteiger partial charge is 0.186 e. The van der Waals surface area contributed by atoms with E-state index >= 15 is 0 Å². The molecule has 1 aliphatic heterocycles. The van der Waals surface area contributed by atoms with Gasteiger partial charge in [-0.15, -0.1) is 0 Å². The number of nitrogens with one attached hydrogen (secondary N) is 1. The Hall–Kier alpha value is -4.21. The van der Waals surface area contributed by atoms with Crippen molar-refractivity contribution in [3.63, 3.8) is 0 Å². The molecule has 0 saturated heterocycles. The Balaban J connectivity index is 1.22. The first-order valence-electron chi connectivity index (χ1n) is 10.3. The van der Waals surface area contributed by atoms with Gasteiger partial charge in [0.25, 0.3) is 0 Å². The molecule has 1 aromatic heterocycles. The molecule has 0 fully saturated rings. The maximum atomic E-state index is 12.7. The van der Waals surface area contributed by atoms with Crippen molar-refractivity contribution in [3.8, 4) is 11.8 Å². The Bertz CT molecular complexity index is 1400. The molecule has 4 aromatic rings. The predicted molar refractivity (Wildman–Crippen MR) is 128 cm³/mol. The average Bonchev–Trinajstić information content (AvgIpc) is 3.32. The van der Waals surface area contributed by atoms with E-state index in [0.717, 1.165) is 16.3 Å². The largest absolute Gasteiger partial charge is 0.486 e. The van der Waals surface area contributed by atoms with E-state index in [4.69, 9.17) is 14.4 Å². The number of ether oxygens (including phenoxy) is 1. The van der Waals surface area contributed by atoms with E-state index in [1.54, 1.807) is 48.2 Å². The minimum absolute atomic E-state index is 0.102. The number of fused-ring (bicyclic) bond motifs is 2. The molecule has 0 amide bonds. The molecular weight excluding hydrogens is 432 g/mol. The second-order valence-corrected chi connectivity index (χ2v) is 8.44. The lowest BCUT2D eigenvalue weighted by atomic mass is 10.1. The zero-order valence-corrected chi connectivity index (χ0v) is 18.3. The van der Waals surface area contributed by atoms with Gasteiger partial charge in [0.15, 0.2) is 5.78 Å². The van der Waals surface area contributed by atoms with Gasteiger partial charge >= 0.3 is 0 Å². The summed E-state index contributed by atoms with van der Waals surface area (Å²) < 4.78 is 11.4. The van der Waals surface area contributed by atoms with Crippen molar-refractivity contribution in [2.75, 3.05) is 5.32 Å². The summed E-state index contributed by atoms with van der Waals surface area (Å²) in [6.45, 7) is 0.253. The van der Waals surface area contributed by atoms with Crippen molar-refractivity contribution in [1.82, 2.24) is 0 Å². The van der Waals surface area contributed by atoms with E-state index in [1.807, 2.05) is 42.5 Å². The number of rotatable bonds is 6. The first-order valence-corrected chi connectivity index (χ1v) is 11.1. The fourth-order valence-electron chi connectivity index (χ4n) is 3.39. The summed E-state index contributed by atoms with van der Waals surface area (Å²) in [5.41, 5.74) is 3.16. The summed E-state index contributed by atoms with van der Waals surface area (Å²) in [6, 6.07) is 26.3. The Morgan fingerprint density at radius 3 is 2.67 bits per heavy atom. The summed E-state index contributed by atoms with van der Waals surface area (Å²) >= 11 is 1.69. The third kappa shape index (κ3) is 4.69. The highest BCUT2D eigenvalue weighted by Crippen LogP contribution is 2.44. The number of allylic oxidation sites excluding steroid dienone is 1. The zero-order valence-electron chi connectivity index (χ0n) is 17.4. The van der Waals surface area contributed by atoms with Crippen LogP contribution in [-0.2, 0) is 6.61 Å². The molecule has 0 bridgehead atoms. The lowest BCUT2D eigenvalue weighted by Crippen LogP contribution is -2.02. The molecule has 5 rings (SSSR count). The van der Waals surface area contributed by atoms with Crippen LogP contribution >= 0.6 is 11.8 Å². The van der Waals surface area contributed by atoms with Crippen molar-refractivity contribution in [3.05, 3.63) is 108 Å². The minimum atomic E-state index is -0.102. The molecule has 6 heteroatoms. The van der Waals surface area contributed by atoms with E-state index in [2.05, 4.69) is 17.5 Å². The highest BCUT2D eigenvalue weighted by atomic mass is 32.2. The third-order valence-electron chi connectivity index (χ3n) is 5.09. The van der Waals surface area contributed by atoms with Crippen LogP contribution in [0.25, 0.3) is 6.08 Å². The normalized spacial score (nSPS) is 11.8. The quantitative estimate of drug-likeness (QED) is 0.226. The van der Waals surface area contributed by atoms with Crippen LogP contribution < -0.4 is 10.1 Å². The number of hydrogen-bond donors (Lipinski definition) is 1. The third-order valence-corrected chi connectivity index (χ3v) is 6.24. The molecule has 33 heavy (non-hydrogen) atoms. The van der Waals surface area contributed by atoms with E-state index in [0.29, 0.717) is 28.4 Å². The van der Waals surface area contributed by atoms with Crippen molar-refractivity contribution >= 4 is 35.0 Å². The van der Waals surface area contributed by atoms with Crippen LogP contribution in [0, 0.1) is 11.3 Å². The zero-order chi connectivity index (χ0) is 22.6. The first kappa shape index (κ1) is 20.7. The minimum Gasteiger partial charge on any atom is -0.486 e. The van der Waals surface area contributed by atoms with Gasteiger partial charge in [-0.05, 0) is 78.9 Å². The molecule has 0 unspecified atom stereocenters. The van der Waals surface area contributed by atoms with Gasteiger partial charge in [0, 0.05) is 15.4 Å². The Morgan fingerprint density at radius 1 is 1.00 bits per heavy atom. The van der Waals surface area contributed by atoms with Gasteiger partial charge in [-0.3, -0.25) is 4.79 Å². The molecule has 3 aromatic carbocycles. The van der Waals surface area contributed by atoms with E-state index < -0.39 is 0 Å².